The largest absolute Gasteiger partial charge is 0.457 e. The van der Waals surface area contributed by atoms with Crippen LogP contribution < -0.4 is 0 Å². The Kier molecular flexibility index (Phi) is 21.3. The zero-order valence-corrected chi connectivity index (χ0v) is 37.3. The lowest BCUT2D eigenvalue weighted by Gasteiger charge is -2.39. The highest BCUT2D eigenvalue weighted by Gasteiger charge is 2.46. The number of rotatable bonds is 22. The zero-order chi connectivity index (χ0) is 42.8. The lowest BCUT2D eigenvalue weighted by molar-refractivity contribution is -0.225. The van der Waals surface area contributed by atoms with Gasteiger partial charge in [-0.15, -0.1) is 0 Å². The molecule has 2 aliphatic heterocycles. The van der Waals surface area contributed by atoms with E-state index in [0.717, 1.165) is 18.4 Å². The van der Waals surface area contributed by atoms with E-state index in [0.29, 0.717) is 38.2 Å². The molecule has 0 N–H and O–H groups in total. The van der Waals surface area contributed by atoms with Gasteiger partial charge in [0.2, 0.25) is 0 Å². The lowest BCUT2D eigenvalue weighted by atomic mass is 9.88. The number of carbonyl (C=O) groups is 2. The van der Waals surface area contributed by atoms with Crippen LogP contribution in [0.3, 0.4) is 0 Å². The molecule has 0 aliphatic carbocycles. The summed E-state index contributed by atoms with van der Waals surface area (Å²) in [5, 5.41) is 0. The lowest BCUT2D eigenvalue weighted by Crippen LogP contribution is -2.47. The molecule has 11 heteroatoms. The van der Waals surface area contributed by atoms with Crippen LogP contribution in [0.1, 0.15) is 126 Å². The van der Waals surface area contributed by atoms with Gasteiger partial charge < -0.3 is 42.6 Å². The van der Waals surface area contributed by atoms with Gasteiger partial charge in [0.1, 0.15) is 17.8 Å². The average molecular weight is 815 g/mol. The number of hydrogen-bond donors (Lipinski definition) is 0. The van der Waals surface area contributed by atoms with Gasteiger partial charge >= 0.3 is 11.9 Å². The molecule has 0 aromatic heterocycles. The minimum atomic E-state index is -1.05. The van der Waals surface area contributed by atoms with Gasteiger partial charge in [0, 0.05) is 31.7 Å². The summed E-state index contributed by atoms with van der Waals surface area (Å²) < 4.78 is 54.8. The van der Waals surface area contributed by atoms with Crippen LogP contribution in [0.4, 0.5) is 0 Å². The number of cyclic esters (lactones) is 1. The number of epoxide rings is 1. The number of benzene rings is 1. The first kappa shape index (κ1) is 49.5. The van der Waals surface area contributed by atoms with E-state index in [9.17, 15) is 9.59 Å². The molecule has 0 saturated carbocycles. The van der Waals surface area contributed by atoms with Crippen LogP contribution in [0.15, 0.2) is 66.3 Å². The molecule has 58 heavy (non-hydrogen) atoms. The van der Waals surface area contributed by atoms with Crippen molar-refractivity contribution in [3.63, 3.8) is 0 Å². The normalized spacial score (nSPS) is 29.0. The molecule has 13 unspecified atom stereocenters. The van der Waals surface area contributed by atoms with Gasteiger partial charge in [0.15, 0.2) is 18.9 Å². The Morgan fingerprint density at radius 3 is 2.24 bits per heavy atom. The Labute approximate surface area is 349 Å². The second-order valence-corrected chi connectivity index (χ2v) is 15.9. The van der Waals surface area contributed by atoms with Gasteiger partial charge in [0.05, 0.1) is 36.4 Å². The Bertz CT molecular complexity index is 1440. The van der Waals surface area contributed by atoms with Crippen molar-refractivity contribution in [3.8, 4) is 0 Å². The first-order valence-electron chi connectivity index (χ1n) is 21.6. The molecule has 0 spiro atoms. The van der Waals surface area contributed by atoms with Crippen molar-refractivity contribution in [2.75, 3.05) is 19.8 Å². The number of ether oxygens (including phenoxy) is 9. The van der Waals surface area contributed by atoms with Crippen molar-refractivity contribution < 1.29 is 52.2 Å². The Morgan fingerprint density at radius 2 is 1.59 bits per heavy atom. The van der Waals surface area contributed by atoms with Gasteiger partial charge in [-0.05, 0) is 111 Å². The van der Waals surface area contributed by atoms with Crippen LogP contribution in [0.25, 0.3) is 0 Å². The first-order chi connectivity index (χ1) is 27.6. The molecule has 11 nitrogen and oxygen atoms in total. The van der Waals surface area contributed by atoms with Gasteiger partial charge in [-0.25, -0.2) is 4.79 Å². The third-order valence-corrected chi connectivity index (χ3v) is 10.9. The average Bonchev–Trinajstić information content (AvgIpc) is 3.95. The van der Waals surface area contributed by atoms with Crippen molar-refractivity contribution in [2.24, 2.45) is 17.8 Å². The summed E-state index contributed by atoms with van der Waals surface area (Å²) in [5.74, 6) is -0.629. The molecule has 13 atom stereocenters. The summed E-state index contributed by atoms with van der Waals surface area (Å²) in [6, 6.07) is 8.90. The fourth-order valence-electron chi connectivity index (χ4n) is 7.69. The predicted octanol–water partition coefficient (Wildman–Crippen LogP) is 9.54. The highest BCUT2D eigenvalue weighted by atomic mass is 16.7. The third kappa shape index (κ3) is 16.3. The van der Waals surface area contributed by atoms with E-state index in [1.54, 1.807) is 24.3 Å². The van der Waals surface area contributed by atoms with Crippen LogP contribution in [-0.4, -0.2) is 92.9 Å². The molecule has 1 aromatic carbocycles. The smallest absolute Gasteiger partial charge is 0.338 e. The summed E-state index contributed by atoms with van der Waals surface area (Å²) in [7, 11) is 0. The van der Waals surface area contributed by atoms with Crippen LogP contribution in [0.2, 0.25) is 0 Å². The number of esters is 2. The standard InChI is InChI=1S/C47H74O11/c1-13-40(54-36(10)51-15-3)34(8)45-41(55-45)29-31(5)21-20-22-32(6)44-33(7)25-26-42(56-46(49)38-23-18-17-19-24-38)47(12,58-37(11)52-16-4)28-27-39(30-43(48)57-44)53-35(9)50-14-2/h17-26,31,33-37,39-42,44-45H,13-16,27-30H2,1-12H3. The van der Waals surface area contributed by atoms with Crippen LogP contribution >= 0.6 is 0 Å². The summed E-state index contributed by atoms with van der Waals surface area (Å²) in [4.78, 5) is 27.3. The molecular formula is C47H74O11. The minimum Gasteiger partial charge on any atom is -0.457 e. The van der Waals surface area contributed by atoms with Crippen LogP contribution in [0, 0.1) is 17.8 Å². The molecule has 1 saturated heterocycles. The minimum absolute atomic E-state index is 0.00547. The highest BCUT2D eigenvalue weighted by molar-refractivity contribution is 5.89. The molecule has 0 amide bonds. The van der Waals surface area contributed by atoms with Crippen molar-refractivity contribution in [1.82, 2.24) is 0 Å². The van der Waals surface area contributed by atoms with E-state index in [1.165, 1.54) is 0 Å². The van der Waals surface area contributed by atoms with E-state index in [-0.39, 0.29) is 54.7 Å². The second-order valence-electron chi connectivity index (χ2n) is 15.9. The van der Waals surface area contributed by atoms with E-state index < -0.39 is 42.5 Å². The van der Waals surface area contributed by atoms with E-state index in [2.05, 4.69) is 26.8 Å². The van der Waals surface area contributed by atoms with Crippen molar-refractivity contribution in [3.05, 3.63) is 71.8 Å². The molecule has 2 heterocycles. The summed E-state index contributed by atoms with van der Waals surface area (Å²) in [6.07, 6.45) is 9.59. The zero-order valence-electron chi connectivity index (χ0n) is 37.3. The summed E-state index contributed by atoms with van der Waals surface area (Å²) in [5.41, 5.74) is 0.245. The van der Waals surface area contributed by atoms with Gasteiger partial charge in [-0.3, -0.25) is 4.79 Å². The molecular weight excluding hydrogens is 741 g/mol. The summed E-state index contributed by atoms with van der Waals surface area (Å²) >= 11 is 0. The second kappa shape index (κ2) is 25.0. The Hall–Kier alpha value is -2.90. The maximum Gasteiger partial charge on any atom is 0.338 e. The fourth-order valence-corrected chi connectivity index (χ4v) is 7.69. The predicted molar refractivity (Wildman–Crippen MR) is 225 cm³/mol. The molecule has 328 valence electrons. The molecule has 2 aliphatic rings. The SMILES string of the molecule is CCOC(C)OC1CCC(C)(OC(C)OCC)C(OC(=O)c2ccccc2)C=CC(C)C(C(C)=CC=CC(C)CC2OC2C(C)C(CC)OC(C)OCC)OC(=O)C1. The highest BCUT2D eigenvalue weighted by Crippen LogP contribution is 2.38. The van der Waals surface area contributed by atoms with Crippen molar-refractivity contribution in [2.45, 2.75) is 176 Å². The Balaban J connectivity index is 1.87. The van der Waals surface area contributed by atoms with Crippen LogP contribution in [0.5, 0.6) is 0 Å². The molecule has 0 radical (unpaired) electrons. The molecule has 1 fully saturated rings. The van der Waals surface area contributed by atoms with Gasteiger partial charge in [-0.1, -0.05) is 70.2 Å². The van der Waals surface area contributed by atoms with Crippen molar-refractivity contribution in [1.29, 1.82) is 0 Å². The van der Waals surface area contributed by atoms with Gasteiger partial charge in [0.25, 0.3) is 0 Å². The fraction of sp³-hybridized carbons (Fsp3) is 0.702. The maximum absolute atomic E-state index is 13.7. The monoisotopic (exact) mass is 815 g/mol. The van der Waals surface area contributed by atoms with Crippen LogP contribution in [-0.2, 0) is 47.4 Å². The number of carbonyl (C=O) groups excluding carboxylic acids is 2. The number of hydrogen-bond acceptors (Lipinski definition) is 11. The van der Waals surface area contributed by atoms with E-state index >= 15 is 0 Å². The van der Waals surface area contributed by atoms with Crippen molar-refractivity contribution >= 4 is 11.9 Å². The van der Waals surface area contributed by atoms with E-state index in [1.807, 2.05) is 92.7 Å². The van der Waals surface area contributed by atoms with Gasteiger partial charge in [-0.2, -0.15) is 0 Å². The Morgan fingerprint density at radius 1 is 0.931 bits per heavy atom. The van der Waals surface area contributed by atoms with E-state index in [4.69, 9.17) is 42.6 Å². The summed E-state index contributed by atoms with van der Waals surface area (Å²) in [6.45, 7) is 25.2. The number of allylic oxidation sites excluding steroid dienone is 3. The topological polar surface area (TPSA) is 121 Å². The first-order valence-corrected chi connectivity index (χ1v) is 21.6. The molecule has 0 bridgehead atoms. The maximum atomic E-state index is 13.7. The molecule has 3 rings (SSSR count). The molecule has 1 aromatic rings. The quantitative estimate of drug-likeness (QED) is 0.0366. The third-order valence-electron chi connectivity index (χ3n) is 10.9.